The van der Waals surface area contributed by atoms with Gasteiger partial charge in [-0.3, -0.25) is 0 Å². The molecule has 0 atom stereocenters. The molecule has 0 unspecified atom stereocenters. The second kappa shape index (κ2) is 5.35. The normalized spacial score (nSPS) is 10.5. The van der Waals surface area contributed by atoms with Crippen LogP contribution in [0.1, 0.15) is 0 Å². The predicted octanol–water partition coefficient (Wildman–Crippen LogP) is 4.07. The highest BCUT2D eigenvalue weighted by atomic mass is 35.5. The quantitative estimate of drug-likeness (QED) is 0.728. The first kappa shape index (κ1) is 12.7. The van der Waals surface area contributed by atoms with E-state index >= 15 is 0 Å². The van der Waals surface area contributed by atoms with Gasteiger partial charge in [-0.15, -0.1) is 0 Å². The first-order chi connectivity index (χ1) is 9.78. The second-order valence-electron chi connectivity index (χ2n) is 4.13. The molecular weight excluding hydrogens is 276 g/mol. The lowest BCUT2D eigenvalue weighted by atomic mass is 10.2. The molecule has 0 spiro atoms. The first-order valence-electron chi connectivity index (χ1n) is 6.01. The Bertz CT molecular complexity index is 723. The Morgan fingerprint density at radius 3 is 2.50 bits per heavy atom. The molecule has 0 N–H and O–H groups in total. The Balaban J connectivity index is 1.95. The molecule has 3 aromatic rings. The molecule has 2 aromatic carbocycles. The van der Waals surface area contributed by atoms with Gasteiger partial charge in [0, 0.05) is 11.1 Å². The lowest BCUT2D eigenvalue weighted by molar-refractivity contribution is 0.414. The molecule has 0 aliphatic rings. The van der Waals surface area contributed by atoms with Crippen molar-refractivity contribution in [2.45, 2.75) is 0 Å². The van der Waals surface area contributed by atoms with Crippen molar-refractivity contribution in [3.63, 3.8) is 0 Å². The molecule has 3 rings (SSSR count). The highest BCUT2D eigenvalue weighted by Gasteiger charge is 2.12. The number of benzene rings is 2. The molecule has 1 heterocycles. The standard InChI is InChI=1S/C15H11ClN2O2/c1-19-11-8-6-10(7-9-11)15-17-14(18-20-15)12-4-2-3-5-13(12)16/h2-9H,1H3. The van der Waals surface area contributed by atoms with Gasteiger partial charge in [-0.1, -0.05) is 28.9 Å². The number of halogens is 1. The van der Waals surface area contributed by atoms with E-state index in [1.807, 2.05) is 42.5 Å². The summed E-state index contributed by atoms with van der Waals surface area (Å²) in [4.78, 5) is 4.36. The van der Waals surface area contributed by atoms with Crippen LogP contribution in [0, 0.1) is 0 Å². The number of methoxy groups -OCH3 is 1. The van der Waals surface area contributed by atoms with Crippen molar-refractivity contribution in [3.05, 3.63) is 53.6 Å². The zero-order valence-corrected chi connectivity index (χ0v) is 11.5. The van der Waals surface area contributed by atoms with Crippen LogP contribution in [0.2, 0.25) is 5.02 Å². The SMILES string of the molecule is COc1ccc(-c2nc(-c3ccccc3Cl)no2)cc1. The van der Waals surface area contributed by atoms with Crippen molar-refractivity contribution in [2.24, 2.45) is 0 Å². The molecule has 0 amide bonds. The minimum Gasteiger partial charge on any atom is -0.497 e. The van der Waals surface area contributed by atoms with Gasteiger partial charge in [0.25, 0.3) is 5.89 Å². The van der Waals surface area contributed by atoms with Gasteiger partial charge in [-0.25, -0.2) is 0 Å². The fourth-order valence-corrected chi connectivity index (χ4v) is 2.05. The predicted molar refractivity (Wildman–Crippen MR) is 76.7 cm³/mol. The van der Waals surface area contributed by atoms with Crippen LogP contribution in [-0.2, 0) is 0 Å². The zero-order valence-electron chi connectivity index (χ0n) is 10.7. The summed E-state index contributed by atoms with van der Waals surface area (Å²) in [5.41, 5.74) is 1.58. The Morgan fingerprint density at radius 2 is 1.80 bits per heavy atom. The Kier molecular flexibility index (Phi) is 3.39. The number of hydrogen-bond acceptors (Lipinski definition) is 4. The molecule has 5 heteroatoms. The van der Waals surface area contributed by atoms with E-state index in [1.165, 1.54) is 0 Å². The van der Waals surface area contributed by atoms with Crippen molar-refractivity contribution < 1.29 is 9.26 Å². The summed E-state index contributed by atoms with van der Waals surface area (Å²) >= 11 is 6.12. The molecule has 0 fully saturated rings. The molecule has 0 bridgehead atoms. The second-order valence-corrected chi connectivity index (χ2v) is 4.54. The van der Waals surface area contributed by atoms with E-state index < -0.39 is 0 Å². The van der Waals surface area contributed by atoms with E-state index in [1.54, 1.807) is 13.2 Å². The Morgan fingerprint density at radius 1 is 1.05 bits per heavy atom. The minimum atomic E-state index is 0.447. The third kappa shape index (κ3) is 2.38. The first-order valence-corrected chi connectivity index (χ1v) is 6.39. The molecule has 20 heavy (non-hydrogen) atoms. The number of rotatable bonds is 3. The van der Waals surface area contributed by atoms with Crippen LogP contribution < -0.4 is 4.74 Å². The molecule has 0 aliphatic carbocycles. The molecule has 4 nitrogen and oxygen atoms in total. The lowest BCUT2D eigenvalue weighted by Gasteiger charge is -1.99. The van der Waals surface area contributed by atoms with Gasteiger partial charge >= 0.3 is 0 Å². The Hall–Kier alpha value is -2.33. The fraction of sp³-hybridized carbons (Fsp3) is 0.0667. The van der Waals surface area contributed by atoms with Crippen molar-refractivity contribution in [1.82, 2.24) is 10.1 Å². The van der Waals surface area contributed by atoms with Gasteiger partial charge < -0.3 is 9.26 Å². The topological polar surface area (TPSA) is 48.2 Å². The average molecular weight is 287 g/mol. The van der Waals surface area contributed by atoms with Gasteiger partial charge in [0.2, 0.25) is 5.82 Å². The molecule has 1 aromatic heterocycles. The number of nitrogens with zero attached hydrogens (tertiary/aromatic N) is 2. The Labute approximate surface area is 121 Å². The van der Waals surface area contributed by atoms with Crippen LogP contribution in [0.25, 0.3) is 22.8 Å². The molecule has 0 radical (unpaired) electrons. The maximum Gasteiger partial charge on any atom is 0.258 e. The average Bonchev–Trinajstić information content (AvgIpc) is 2.97. The summed E-state index contributed by atoms with van der Waals surface area (Å²) in [6, 6.07) is 14.8. The highest BCUT2D eigenvalue weighted by molar-refractivity contribution is 6.33. The molecule has 0 saturated carbocycles. The molecule has 0 saturated heterocycles. The summed E-state index contributed by atoms with van der Waals surface area (Å²) in [5, 5.41) is 4.56. The van der Waals surface area contributed by atoms with Crippen LogP contribution in [0.4, 0.5) is 0 Å². The summed E-state index contributed by atoms with van der Waals surface area (Å²) < 4.78 is 10.4. The summed E-state index contributed by atoms with van der Waals surface area (Å²) in [6.45, 7) is 0. The number of aromatic nitrogens is 2. The molecule has 0 aliphatic heterocycles. The number of hydrogen-bond donors (Lipinski definition) is 0. The van der Waals surface area contributed by atoms with Crippen LogP contribution in [0.3, 0.4) is 0 Å². The lowest BCUT2D eigenvalue weighted by Crippen LogP contribution is -1.84. The summed E-state index contributed by atoms with van der Waals surface area (Å²) in [6.07, 6.45) is 0. The summed E-state index contributed by atoms with van der Waals surface area (Å²) in [5.74, 6) is 1.70. The van der Waals surface area contributed by atoms with E-state index in [0.717, 1.165) is 16.9 Å². The van der Waals surface area contributed by atoms with Gasteiger partial charge in [0.1, 0.15) is 5.75 Å². The van der Waals surface area contributed by atoms with Gasteiger partial charge in [0.15, 0.2) is 0 Å². The van der Waals surface area contributed by atoms with Crippen molar-refractivity contribution >= 4 is 11.6 Å². The smallest absolute Gasteiger partial charge is 0.258 e. The van der Waals surface area contributed by atoms with E-state index in [9.17, 15) is 0 Å². The number of ether oxygens (including phenoxy) is 1. The minimum absolute atomic E-state index is 0.447. The third-order valence-corrected chi connectivity index (χ3v) is 3.21. The molecule has 100 valence electrons. The van der Waals surface area contributed by atoms with E-state index in [-0.39, 0.29) is 0 Å². The largest absolute Gasteiger partial charge is 0.497 e. The third-order valence-electron chi connectivity index (χ3n) is 2.88. The fourth-order valence-electron chi connectivity index (χ4n) is 1.83. The maximum absolute atomic E-state index is 6.12. The van der Waals surface area contributed by atoms with E-state index in [0.29, 0.717) is 16.7 Å². The zero-order chi connectivity index (χ0) is 13.9. The van der Waals surface area contributed by atoms with Crippen molar-refractivity contribution in [3.8, 4) is 28.6 Å². The van der Waals surface area contributed by atoms with E-state index in [2.05, 4.69) is 10.1 Å². The van der Waals surface area contributed by atoms with E-state index in [4.69, 9.17) is 20.9 Å². The van der Waals surface area contributed by atoms with Gasteiger partial charge in [-0.2, -0.15) is 4.98 Å². The van der Waals surface area contributed by atoms with Crippen molar-refractivity contribution in [1.29, 1.82) is 0 Å². The van der Waals surface area contributed by atoms with Gasteiger partial charge in [-0.05, 0) is 36.4 Å². The highest BCUT2D eigenvalue weighted by Crippen LogP contribution is 2.28. The van der Waals surface area contributed by atoms with Crippen LogP contribution in [0.5, 0.6) is 5.75 Å². The molecular formula is C15H11ClN2O2. The summed E-state index contributed by atoms with van der Waals surface area (Å²) in [7, 11) is 1.62. The maximum atomic E-state index is 6.12. The van der Waals surface area contributed by atoms with Crippen molar-refractivity contribution in [2.75, 3.05) is 7.11 Å². The van der Waals surface area contributed by atoms with Gasteiger partial charge in [0.05, 0.1) is 12.1 Å². The van der Waals surface area contributed by atoms with Crippen LogP contribution >= 0.6 is 11.6 Å². The van der Waals surface area contributed by atoms with Crippen LogP contribution in [-0.4, -0.2) is 17.3 Å². The monoisotopic (exact) mass is 286 g/mol. The van der Waals surface area contributed by atoms with Crippen LogP contribution in [0.15, 0.2) is 53.1 Å².